The molecule has 2 fully saturated rings. The molecule has 0 saturated carbocycles. The Bertz CT molecular complexity index is 347. The molecule has 7 nitrogen and oxygen atoms in total. The van der Waals surface area contributed by atoms with Gasteiger partial charge in [0, 0.05) is 18.9 Å². The highest BCUT2D eigenvalue weighted by Crippen LogP contribution is 2.06. The lowest BCUT2D eigenvalue weighted by atomic mass is 10.2. The summed E-state index contributed by atoms with van der Waals surface area (Å²) in [6.45, 7) is 4.34. The fraction of sp³-hybridized carbons (Fsp3) is 0.688. The zero-order valence-corrected chi connectivity index (χ0v) is 13.5. The average molecular weight is 330 g/mol. The van der Waals surface area contributed by atoms with Gasteiger partial charge in [0.1, 0.15) is 6.61 Å². The molecule has 0 spiro atoms. The van der Waals surface area contributed by atoms with Crippen LogP contribution >= 0.6 is 0 Å². The maximum Gasteiger partial charge on any atom is 0.330 e. The third kappa shape index (κ3) is 14.8. The number of aliphatic hydroxyl groups is 1. The predicted octanol–water partition coefficient (Wildman–Crippen LogP) is 1.52. The Labute approximate surface area is 136 Å². The van der Waals surface area contributed by atoms with Crippen LogP contribution in [-0.2, 0) is 28.6 Å². The van der Waals surface area contributed by atoms with E-state index in [0.29, 0.717) is 26.1 Å². The molecule has 0 bridgehead atoms. The van der Waals surface area contributed by atoms with Gasteiger partial charge in [-0.1, -0.05) is 6.58 Å². The lowest BCUT2D eigenvalue weighted by Crippen LogP contribution is -2.10. The van der Waals surface area contributed by atoms with Crippen LogP contribution in [0.1, 0.15) is 44.9 Å². The summed E-state index contributed by atoms with van der Waals surface area (Å²) in [7, 11) is 0. The smallest absolute Gasteiger partial charge is 0.330 e. The van der Waals surface area contributed by atoms with E-state index in [0.717, 1.165) is 38.2 Å². The van der Waals surface area contributed by atoms with Crippen molar-refractivity contribution in [1.29, 1.82) is 0 Å². The second-order valence-corrected chi connectivity index (χ2v) is 4.80. The molecular weight excluding hydrogens is 304 g/mol. The SMILES string of the molecule is C=CC(=O)OCCO.O=C1CCCCCO1.O=C1CCCCO1. The Morgan fingerprint density at radius 3 is 2.04 bits per heavy atom. The molecule has 2 saturated heterocycles. The van der Waals surface area contributed by atoms with Crippen LogP contribution in [0.4, 0.5) is 0 Å². The van der Waals surface area contributed by atoms with Gasteiger partial charge in [-0.2, -0.15) is 0 Å². The van der Waals surface area contributed by atoms with Crippen LogP contribution in [0.25, 0.3) is 0 Å². The molecule has 0 unspecified atom stereocenters. The second-order valence-electron chi connectivity index (χ2n) is 4.80. The summed E-state index contributed by atoms with van der Waals surface area (Å²) >= 11 is 0. The van der Waals surface area contributed by atoms with Crippen molar-refractivity contribution < 1.29 is 33.7 Å². The van der Waals surface area contributed by atoms with E-state index in [1.807, 2.05) is 0 Å². The van der Waals surface area contributed by atoms with E-state index in [4.69, 9.17) is 9.84 Å². The fourth-order valence-electron chi connectivity index (χ4n) is 1.64. The molecule has 2 aliphatic heterocycles. The summed E-state index contributed by atoms with van der Waals surface area (Å²) in [5.41, 5.74) is 0. The minimum atomic E-state index is -0.501. The number of esters is 3. The molecule has 23 heavy (non-hydrogen) atoms. The molecular formula is C16H26O7. The number of ether oxygens (including phenoxy) is 3. The van der Waals surface area contributed by atoms with Gasteiger partial charge >= 0.3 is 17.9 Å². The average Bonchev–Trinajstić information content (AvgIpc) is 2.82. The van der Waals surface area contributed by atoms with E-state index in [-0.39, 0.29) is 25.2 Å². The van der Waals surface area contributed by atoms with Crippen molar-refractivity contribution in [3.63, 3.8) is 0 Å². The van der Waals surface area contributed by atoms with Gasteiger partial charge in [-0.3, -0.25) is 9.59 Å². The first kappa shape index (κ1) is 21.1. The third-order valence-electron chi connectivity index (χ3n) is 2.83. The zero-order valence-electron chi connectivity index (χ0n) is 13.5. The summed E-state index contributed by atoms with van der Waals surface area (Å²) in [5.74, 6) is -0.562. The summed E-state index contributed by atoms with van der Waals surface area (Å²) in [5, 5.41) is 8.10. The van der Waals surface area contributed by atoms with E-state index in [2.05, 4.69) is 16.1 Å². The molecule has 0 aliphatic carbocycles. The molecule has 0 aromatic rings. The van der Waals surface area contributed by atoms with Gasteiger partial charge in [0.05, 0.1) is 19.8 Å². The van der Waals surface area contributed by atoms with Crippen LogP contribution < -0.4 is 0 Å². The molecule has 2 aliphatic rings. The summed E-state index contributed by atoms with van der Waals surface area (Å²) in [4.78, 5) is 30.8. The van der Waals surface area contributed by atoms with E-state index in [1.54, 1.807) is 0 Å². The van der Waals surface area contributed by atoms with Crippen LogP contribution in [0.2, 0.25) is 0 Å². The number of carbonyl (C=O) groups excluding carboxylic acids is 3. The number of cyclic esters (lactones) is 2. The Morgan fingerprint density at radius 1 is 1.04 bits per heavy atom. The Kier molecular flexibility index (Phi) is 13.8. The number of carbonyl (C=O) groups is 3. The molecule has 2 rings (SSSR count). The van der Waals surface area contributed by atoms with Gasteiger partial charge in [-0.15, -0.1) is 0 Å². The molecule has 0 aromatic carbocycles. The normalized spacial score (nSPS) is 16.9. The highest BCUT2D eigenvalue weighted by molar-refractivity contribution is 5.81. The first-order valence-corrected chi connectivity index (χ1v) is 7.81. The van der Waals surface area contributed by atoms with Crippen LogP contribution in [0.15, 0.2) is 12.7 Å². The summed E-state index contributed by atoms with van der Waals surface area (Å²) in [6.07, 6.45) is 7.57. The lowest BCUT2D eigenvalue weighted by molar-refractivity contribution is -0.146. The number of hydrogen-bond donors (Lipinski definition) is 1. The van der Waals surface area contributed by atoms with Crippen molar-refractivity contribution in [2.75, 3.05) is 26.4 Å². The highest BCUT2D eigenvalue weighted by Gasteiger charge is 2.07. The van der Waals surface area contributed by atoms with E-state index < -0.39 is 5.97 Å². The molecule has 7 heteroatoms. The molecule has 2 heterocycles. The monoisotopic (exact) mass is 330 g/mol. The standard InChI is InChI=1S/C6H10O2.C5H8O3.C5H8O2/c7-6-4-2-1-3-5-8-6;1-2-5(7)8-4-3-6;6-5-3-1-2-4-7-5/h1-5H2;2,6H,1,3-4H2;1-4H2. The molecule has 0 aromatic heterocycles. The van der Waals surface area contributed by atoms with Crippen LogP contribution in [0.5, 0.6) is 0 Å². The van der Waals surface area contributed by atoms with Crippen LogP contribution in [0, 0.1) is 0 Å². The van der Waals surface area contributed by atoms with Gasteiger partial charge in [0.25, 0.3) is 0 Å². The van der Waals surface area contributed by atoms with Gasteiger partial charge in [-0.05, 0) is 32.1 Å². The number of hydrogen-bond acceptors (Lipinski definition) is 7. The van der Waals surface area contributed by atoms with E-state index >= 15 is 0 Å². The summed E-state index contributed by atoms with van der Waals surface area (Å²) in [6, 6.07) is 0. The molecule has 0 amide bonds. The van der Waals surface area contributed by atoms with Gasteiger partial charge in [0.2, 0.25) is 0 Å². The minimum Gasteiger partial charge on any atom is -0.466 e. The fourth-order valence-corrected chi connectivity index (χ4v) is 1.64. The second kappa shape index (κ2) is 15.0. The number of rotatable bonds is 3. The highest BCUT2D eigenvalue weighted by atomic mass is 16.5. The Balaban J connectivity index is 0.000000316. The van der Waals surface area contributed by atoms with Crippen molar-refractivity contribution in [1.82, 2.24) is 0 Å². The third-order valence-corrected chi connectivity index (χ3v) is 2.83. The molecule has 0 radical (unpaired) electrons. The first-order chi connectivity index (χ1) is 11.1. The topological polar surface area (TPSA) is 99.1 Å². The minimum absolute atomic E-state index is 0.0255. The zero-order chi connectivity index (χ0) is 17.3. The van der Waals surface area contributed by atoms with Crippen molar-refractivity contribution in [3.05, 3.63) is 12.7 Å². The van der Waals surface area contributed by atoms with Gasteiger partial charge in [-0.25, -0.2) is 4.79 Å². The maximum absolute atomic E-state index is 10.5. The van der Waals surface area contributed by atoms with E-state index in [9.17, 15) is 14.4 Å². The molecule has 0 atom stereocenters. The van der Waals surface area contributed by atoms with E-state index in [1.165, 1.54) is 0 Å². The van der Waals surface area contributed by atoms with Gasteiger partial charge in [0.15, 0.2) is 0 Å². The number of aliphatic hydroxyl groups excluding tert-OH is 1. The van der Waals surface area contributed by atoms with Crippen molar-refractivity contribution in [2.45, 2.75) is 44.9 Å². The van der Waals surface area contributed by atoms with Crippen LogP contribution in [0.3, 0.4) is 0 Å². The Morgan fingerprint density at radius 2 is 1.57 bits per heavy atom. The molecule has 1 N–H and O–H groups in total. The Hall–Kier alpha value is -1.89. The lowest BCUT2D eigenvalue weighted by Gasteiger charge is -2.08. The largest absolute Gasteiger partial charge is 0.466 e. The summed E-state index contributed by atoms with van der Waals surface area (Å²) < 4.78 is 13.7. The quantitative estimate of drug-likeness (QED) is 0.476. The molecule has 132 valence electrons. The van der Waals surface area contributed by atoms with Crippen LogP contribution in [-0.4, -0.2) is 49.4 Å². The maximum atomic E-state index is 10.5. The van der Waals surface area contributed by atoms with Crippen molar-refractivity contribution in [3.8, 4) is 0 Å². The van der Waals surface area contributed by atoms with Crippen molar-refractivity contribution in [2.24, 2.45) is 0 Å². The van der Waals surface area contributed by atoms with Gasteiger partial charge < -0.3 is 19.3 Å². The predicted molar refractivity (Wildman–Crippen MR) is 82.5 cm³/mol. The van der Waals surface area contributed by atoms with Crippen molar-refractivity contribution >= 4 is 17.9 Å². The first-order valence-electron chi connectivity index (χ1n) is 7.81.